The summed E-state index contributed by atoms with van der Waals surface area (Å²) in [5.41, 5.74) is 9.72. The third-order valence-electron chi connectivity index (χ3n) is 10.7. The molecule has 13 heteroatoms. The van der Waals surface area contributed by atoms with Gasteiger partial charge in [-0.1, -0.05) is 36.4 Å². The minimum absolute atomic E-state index is 0.0111. The summed E-state index contributed by atoms with van der Waals surface area (Å²) in [5.74, 6) is 0.903. The highest BCUT2D eigenvalue weighted by atomic mass is 35.5. The van der Waals surface area contributed by atoms with E-state index in [1.165, 1.54) is 10.9 Å². The van der Waals surface area contributed by atoms with Gasteiger partial charge in [-0.2, -0.15) is 20.1 Å². The number of aromatic hydroxyl groups is 2. The number of aromatic nitrogens is 3. The van der Waals surface area contributed by atoms with Crippen LogP contribution >= 0.6 is 11.6 Å². The molecule has 7 aromatic carbocycles. The third-order valence-corrected chi connectivity index (χ3v) is 10.9. The Labute approximate surface area is 351 Å². The molecule has 0 saturated heterocycles. The van der Waals surface area contributed by atoms with Gasteiger partial charge in [-0.25, -0.2) is 0 Å². The lowest BCUT2D eigenvalue weighted by molar-refractivity contribution is 0.415. The Hall–Kier alpha value is -7.18. The van der Waals surface area contributed by atoms with Crippen molar-refractivity contribution in [1.29, 1.82) is 0 Å². The highest BCUT2D eigenvalue weighted by Crippen LogP contribution is 2.45. The number of nitrogens with zero attached hydrogens (tertiary/aromatic N) is 7. The number of ether oxygens (including phenoxy) is 1. The average molecular weight is 816 g/mol. The van der Waals surface area contributed by atoms with Gasteiger partial charge in [0, 0.05) is 16.5 Å². The molecular formula is C47H42ClN9O3. The number of methoxy groups -OCH3 is 1. The molecule has 60 heavy (non-hydrogen) atoms. The maximum absolute atomic E-state index is 11.8. The Morgan fingerprint density at radius 2 is 1.23 bits per heavy atom. The molecule has 0 spiro atoms. The first-order valence-electron chi connectivity index (χ1n) is 19.2. The first-order chi connectivity index (χ1) is 28.8. The molecule has 0 saturated carbocycles. The minimum atomic E-state index is -0.0466. The Morgan fingerprint density at radius 1 is 0.550 bits per heavy atom. The van der Waals surface area contributed by atoms with Crippen LogP contribution in [0.1, 0.15) is 38.9 Å². The lowest BCUT2D eigenvalue weighted by Crippen LogP contribution is -2.05. The first kappa shape index (κ1) is 39.6. The van der Waals surface area contributed by atoms with Gasteiger partial charge in [-0.3, -0.25) is 0 Å². The number of hydrogen-bond acceptors (Lipinski definition) is 12. The van der Waals surface area contributed by atoms with E-state index in [9.17, 15) is 10.2 Å². The number of rotatable bonds is 9. The monoisotopic (exact) mass is 815 g/mol. The van der Waals surface area contributed by atoms with Crippen LogP contribution in [0, 0.1) is 48.5 Å². The second-order valence-electron chi connectivity index (χ2n) is 15.0. The smallest absolute Gasteiger partial charge is 0.233 e. The Kier molecular flexibility index (Phi) is 10.5. The van der Waals surface area contributed by atoms with E-state index in [1.54, 1.807) is 13.2 Å². The minimum Gasteiger partial charge on any atom is -0.505 e. The lowest BCUT2D eigenvalue weighted by Gasteiger charge is -2.16. The molecule has 8 rings (SSSR count). The maximum atomic E-state index is 11.8. The van der Waals surface area contributed by atoms with Crippen molar-refractivity contribution in [3.05, 3.63) is 129 Å². The molecule has 0 aliphatic carbocycles. The Bertz CT molecular complexity index is 3110. The van der Waals surface area contributed by atoms with Gasteiger partial charge in [0.25, 0.3) is 0 Å². The highest BCUT2D eigenvalue weighted by Gasteiger charge is 2.19. The van der Waals surface area contributed by atoms with E-state index in [1.807, 2.05) is 102 Å². The van der Waals surface area contributed by atoms with Gasteiger partial charge in [0.1, 0.15) is 22.8 Å². The van der Waals surface area contributed by atoms with Crippen LogP contribution in [0.5, 0.6) is 17.2 Å². The number of benzene rings is 7. The van der Waals surface area contributed by atoms with Crippen LogP contribution in [0.25, 0.3) is 32.3 Å². The summed E-state index contributed by atoms with van der Waals surface area (Å²) in [7, 11) is 1.58. The molecule has 12 nitrogen and oxygen atoms in total. The SMILES string of the molecule is COc1ccc(C)cc1N=Nc1c(C)cc2c(C)c(Nc3nc(Cl)nc(Nc4cc(C)cc5cc(C)c(N=Nc6ccc7c(C)cccc7c6C)c(O)c45)n3)ccc2c1O. The van der Waals surface area contributed by atoms with Crippen molar-refractivity contribution in [3.8, 4) is 17.2 Å². The average Bonchev–Trinajstić information content (AvgIpc) is 3.19. The number of halogens is 1. The topological polar surface area (TPSA) is 162 Å². The molecular weight excluding hydrogens is 774 g/mol. The second-order valence-corrected chi connectivity index (χ2v) is 15.3. The van der Waals surface area contributed by atoms with Crippen molar-refractivity contribution in [3.63, 3.8) is 0 Å². The largest absolute Gasteiger partial charge is 0.505 e. The number of fused-ring (bicyclic) bond motifs is 3. The fourth-order valence-electron chi connectivity index (χ4n) is 7.56. The zero-order chi connectivity index (χ0) is 42.4. The number of nitrogens with one attached hydrogen (secondary N) is 2. The third kappa shape index (κ3) is 7.48. The van der Waals surface area contributed by atoms with Gasteiger partial charge in [-0.15, -0.1) is 15.3 Å². The molecule has 300 valence electrons. The van der Waals surface area contributed by atoms with E-state index in [2.05, 4.69) is 71.2 Å². The van der Waals surface area contributed by atoms with E-state index in [-0.39, 0.29) is 28.7 Å². The zero-order valence-electron chi connectivity index (χ0n) is 34.4. The van der Waals surface area contributed by atoms with Gasteiger partial charge in [0.05, 0.1) is 18.5 Å². The molecule has 0 aliphatic rings. The molecule has 0 amide bonds. The summed E-state index contributed by atoms with van der Waals surface area (Å²) in [6, 6.07) is 27.3. The van der Waals surface area contributed by atoms with Gasteiger partial charge < -0.3 is 25.6 Å². The standard InChI is InChI=1S/C47H42ClN9O3/c1-23-12-17-39(60-8)37(19-23)55-56-41-27(5)22-34-29(7)35(15-14-33(34)43(41)58)49-46-51-45(48)52-47(53-46)50-38-20-24(2)18-30-21-26(4)42(44(59)40(30)38)57-54-36-16-13-31-25(3)10-9-11-32(31)28(36)6/h9-22,58-59H,1-8H3,(H2,49,50,51,52,53). The highest BCUT2D eigenvalue weighted by molar-refractivity contribution is 6.28. The molecule has 0 bridgehead atoms. The summed E-state index contributed by atoms with van der Waals surface area (Å²) < 4.78 is 5.45. The fraction of sp³-hybridized carbons (Fsp3) is 0.170. The molecule has 0 atom stereocenters. The van der Waals surface area contributed by atoms with Crippen LogP contribution in [-0.2, 0) is 0 Å². The number of phenolic OH excluding ortho intramolecular Hbond substituents is 2. The summed E-state index contributed by atoms with van der Waals surface area (Å²) in [6.07, 6.45) is 0. The van der Waals surface area contributed by atoms with Crippen LogP contribution in [-0.4, -0.2) is 32.3 Å². The molecule has 0 aliphatic heterocycles. The Balaban J connectivity index is 1.10. The number of hydrogen-bond donors (Lipinski definition) is 4. The van der Waals surface area contributed by atoms with E-state index >= 15 is 0 Å². The summed E-state index contributed by atoms with van der Waals surface area (Å²) in [4.78, 5) is 13.4. The number of anilines is 4. The molecule has 1 aromatic heterocycles. The van der Waals surface area contributed by atoms with E-state index < -0.39 is 0 Å². The number of aryl methyl sites for hydroxylation is 7. The van der Waals surface area contributed by atoms with Crippen molar-refractivity contribution in [2.24, 2.45) is 20.5 Å². The van der Waals surface area contributed by atoms with Crippen LogP contribution in [0.15, 0.2) is 105 Å². The van der Waals surface area contributed by atoms with Crippen molar-refractivity contribution in [1.82, 2.24) is 15.0 Å². The van der Waals surface area contributed by atoms with Crippen molar-refractivity contribution < 1.29 is 14.9 Å². The van der Waals surface area contributed by atoms with Crippen LogP contribution < -0.4 is 15.4 Å². The summed E-state index contributed by atoms with van der Waals surface area (Å²) in [6.45, 7) is 13.8. The van der Waals surface area contributed by atoms with Gasteiger partial charge in [0.2, 0.25) is 17.2 Å². The predicted molar refractivity (Wildman–Crippen MR) is 241 cm³/mol. The Morgan fingerprint density at radius 3 is 1.98 bits per heavy atom. The van der Waals surface area contributed by atoms with Gasteiger partial charge in [-0.05, 0) is 169 Å². The van der Waals surface area contributed by atoms with Crippen LogP contribution in [0.3, 0.4) is 0 Å². The van der Waals surface area contributed by atoms with E-state index in [0.29, 0.717) is 50.6 Å². The van der Waals surface area contributed by atoms with E-state index in [4.69, 9.17) is 16.3 Å². The van der Waals surface area contributed by atoms with Crippen molar-refractivity contribution in [2.45, 2.75) is 48.5 Å². The van der Waals surface area contributed by atoms with Crippen LogP contribution in [0.2, 0.25) is 5.28 Å². The zero-order valence-corrected chi connectivity index (χ0v) is 35.1. The van der Waals surface area contributed by atoms with Gasteiger partial charge in [0.15, 0.2) is 11.5 Å². The van der Waals surface area contributed by atoms with Crippen molar-refractivity contribution in [2.75, 3.05) is 17.7 Å². The first-order valence-corrected chi connectivity index (χ1v) is 19.6. The molecule has 0 radical (unpaired) electrons. The van der Waals surface area contributed by atoms with E-state index in [0.717, 1.165) is 49.5 Å². The maximum Gasteiger partial charge on any atom is 0.233 e. The molecule has 0 fully saturated rings. The quantitative estimate of drug-likeness (QED) is 0.105. The molecule has 0 unspecified atom stereocenters. The van der Waals surface area contributed by atoms with Crippen LogP contribution in [0.4, 0.5) is 46.0 Å². The fourth-order valence-corrected chi connectivity index (χ4v) is 7.72. The van der Waals surface area contributed by atoms with Crippen molar-refractivity contribution >= 4 is 89.9 Å². The summed E-state index contributed by atoms with van der Waals surface area (Å²) >= 11 is 6.48. The molecule has 8 aromatic rings. The lowest BCUT2D eigenvalue weighted by atomic mass is 9.99. The predicted octanol–water partition coefficient (Wildman–Crippen LogP) is 13.9. The van der Waals surface area contributed by atoms with Gasteiger partial charge >= 0.3 is 0 Å². The summed E-state index contributed by atoms with van der Waals surface area (Å²) in [5, 5.41) is 52.7. The molecule has 4 N–H and O–H groups in total. The normalized spacial score (nSPS) is 11.8. The number of azo groups is 2. The number of phenols is 2. The second kappa shape index (κ2) is 15.9. The molecule has 1 heterocycles.